The van der Waals surface area contributed by atoms with Crippen LogP contribution in [0, 0.1) is 0 Å². The quantitative estimate of drug-likeness (QED) is 0.239. The average Bonchev–Trinajstić information content (AvgIpc) is 3.43. The molecule has 0 bridgehead atoms. The van der Waals surface area contributed by atoms with Crippen molar-refractivity contribution in [1.82, 2.24) is 4.57 Å². The summed E-state index contributed by atoms with van der Waals surface area (Å²) in [5.74, 6) is 0.586. The van der Waals surface area contributed by atoms with E-state index in [4.69, 9.17) is 12.3 Å². The molecule has 2 aromatic heterocycles. The number of allylic oxidation sites excluding steroid dienone is 2. The van der Waals surface area contributed by atoms with E-state index in [0.29, 0.717) is 22.4 Å². The van der Waals surface area contributed by atoms with Gasteiger partial charge in [-0.15, -0.1) is 0 Å². The van der Waals surface area contributed by atoms with Crippen molar-refractivity contribution in [2.45, 2.75) is 6.61 Å². The van der Waals surface area contributed by atoms with Crippen LogP contribution in [0.2, 0.25) is 0 Å². The summed E-state index contributed by atoms with van der Waals surface area (Å²) in [5, 5.41) is 13.1. The summed E-state index contributed by atoms with van der Waals surface area (Å²) in [6.45, 7) is 4.14. The number of rotatable bonds is 5. The van der Waals surface area contributed by atoms with Gasteiger partial charge in [0.2, 0.25) is 0 Å². The first kappa shape index (κ1) is 21.3. The molecule has 0 saturated carbocycles. The van der Waals surface area contributed by atoms with E-state index in [1.54, 1.807) is 0 Å². The monoisotopic (exact) mass is 451 g/mol. The standard InChI is InChI=1S/C31H22BNO2/c1-20(14-17-29-25(19-34)31-26(32)11-7-13-30(31)35-29)21-15-16-28-24(18-21)23-10-5-6-12-27(23)33(28)22-8-3-2-4-9-22/h2-18,34H,1,19H2/b17-14-. The highest BCUT2D eigenvalue weighted by Crippen LogP contribution is 2.34. The van der Waals surface area contributed by atoms with Crippen molar-refractivity contribution in [3.05, 3.63) is 121 Å². The Labute approximate surface area is 204 Å². The molecule has 6 aromatic rings. The number of furan rings is 1. The molecule has 6 rings (SSSR count). The Bertz CT molecular complexity index is 1760. The molecule has 0 saturated heterocycles. The normalized spacial score (nSPS) is 11.8. The van der Waals surface area contributed by atoms with E-state index in [-0.39, 0.29) is 6.61 Å². The Kier molecular flexibility index (Phi) is 5.16. The van der Waals surface area contributed by atoms with Crippen LogP contribution in [-0.2, 0) is 6.61 Å². The average molecular weight is 451 g/mol. The van der Waals surface area contributed by atoms with E-state index in [1.807, 2.05) is 36.4 Å². The number of nitrogens with zero attached hydrogens (tertiary/aromatic N) is 1. The van der Waals surface area contributed by atoms with Crippen molar-refractivity contribution in [3.63, 3.8) is 0 Å². The van der Waals surface area contributed by atoms with Crippen LogP contribution in [0.1, 0.15) is 16.9 Å². The minimum Gasteiger partial charge on any atom is -0.456 e. The smallest absolute Gasteiger partial charge is 0.134 e. The van der Waals surface area contributed by atoms with Gasteiger partial charge in [0.05, 0.1) is 17.6 Å². The highest BCUT2D eigenvalue weighted by molar-refractivity contribution is 6.39. The molecule has 2 heterocycles. The van der Waals surface area contributed by atoms with E-state index < -0.39 is 0 Å². The van der Waals surface area contributed by atoms with Crippen LogP contribution in [0.15, 0.2) is 108 Å². The first-order valence-electron chi connectivity index (χ1n) is 11.5. The molecule has 0 unspecified atom stereocenters. The van der Waals surface area contributed by atoms with Gasteiger partial charge in [-0.2, -0.15) is 0 Å². The van der Waals surface area contributed by atoms with Gasteiger partial charge in [0, 0.05) is 27.4 Å². The molecule has 35 heavy (non-hydrogen) atoms. The molecular formula is C31H22BNO2. The van der Waals surface area contributed by atoms with Crippen molar-refractivity contribution in [2.75, 3.05) is 0 Å². The maximum Gasteiger partial charge on any atom is 0.134 e. The largest absolute Gasteiger partial charge is 0.456 e. The van der Waals surface area contributed by atoms with Crippen LogP contribution in [0.5, 0.6) is 0 Å². The van der Waals surface area contributed by atoms with E-state index in [9.17, 15) is 5.11 Å². The SMILES string of the molecule is [B]c1cccc2oc(/C=C\C(=C)c3ccc4c(c3)c3ccccc3n4-c3ccccc3)c(CO)c12. The highest BCUT2D eigenvalue weighted by atomic mass is 16.3. The fourth-order valence-corrected chi connectivity index (χ4v) is 4.85. The van der Waals surface area contributed by atoms with Gasteiger partial charge in [-0.1, -0.05) is 72.7 Å². The second kappa shape index (κ2) is 8.50. The summed E-state index contributed by atoms with van der Waals surface area (Å²) in [7, 11) is 6.12. The van der Waals surface area contributed by atoms with Crippen molar-refractivity contribution >= 4 is 57.7 Å². The maximum absolute atomic E-state index is 9.95. The summed E-state index contributed by atoms with van der Waals surface area (Å²) in [6.07, 6.45) is 3.77. The third kappa shape index (κ3) is 3.51. The predicted octanol–water partition coefficient (Wildman–Crippen LogP) is 6.54. The Hall–Kier alpha value is -4.28. The lowest BCUT2D eigenvalue weighted by Crippen LogP contribution is -2.03. The van der Waals surface area contributed by atoms with Gasteiger partial charge in [0.1, 0.15) is 19.2 Å². The zero-order valence-corrected chi connectivity index (χ0v) is 19.1. The fraction of sp³-hybridized carbons (Fsp3) is 0.0323. The van der Waals surface area contributed by atoms with E-state index >= 15 is 0 Å². The van der Waals surface area contributed by atoms with Gasteiger partial charge in [0.15, 0.2) is 0 Å². The molecule has 4 aromatic carbocycles. The van der Waals surface area contributed by atoms with Crippen LogP contribution in [0.3, 0.4) is 0 Å². The first-order chi connectivity index (χ1) is 17.2. The molecule has 0 aliphatic rings. The van der Waals surface area contributed by atoms with E-state index in [1.165, 1.54) is 16.3 Å². The number of aliphatic hydroxyl groups is 1. The summed E-state index contributed by atoms with van der Waals surface area (Å²) in [4.78, 5) is 0. The van der Waals surface area contributed by atoms with Crippen LogP contribution < -0.4 is 5.46 Å². The van der Waals surface area contributed by atoms with Gasteiger partial charge < -0.3 is 14.1 Å². The number of hydrogen-bond acceptors (Lipinski definition) is 2. The Morgan fingerprint density at radius 2 is 1.66 bits per heavy atom. The number of benzene rings is 4. The molecule has 1 N–H and O–H groups in total. The number of hydrogen-bond donors (Lipinski definition) is 1. The van der Waals surface area contributed by atoms with Gasteiger partial charge in [0.25, 0.3) is 0 Å². The van der Waals surface area contributed by atoms with Crippen LogP contribution in [0.4, 0.5) is 0 Å². The molecule has 0 amide bonds. The third-order valence-corrected chi connectivity index (χ3v) is 6.53. The van der Waals surface area contributed by atoms with Crippen LogP contribution >= 0.6 is 0 Å². The number of para-hydroxylation sites is 2. The first-order valence-corrected chi connectivity index (χ1v) is 11.5. The third-order valence-electron chi connectivity index (χ3n) is 6.53. The lowest BCUT2D eigenvalue weighted by atomic mass is 9.90. The summed E-state index contributed by atoms with van der Waals surface area (Å²) in [6, 6.07) is 30.8. The van der Waals surface area contributed by atoms with E-state index in [2.05, 4.69) is 77.9 Å². The van der Waals surface area contributed by atoms with Gasteiger partial charge >= 0.3 is 0 Å². The zero-order valence-electron chi connectivity index (χ0n) is 19.1. The molecule has 0 fully saturated rings. The predicted molar refractivity (Wildman–Crippen MR) is 146 cm³/mol. The minimum atomic E-state index is -0.154. The molecule has 0 aliphatic heterocycles. The summed E-state index contributed by atoms with van der Waals surface area (Å²) in [5.41, 5.74) is 7.25. The molecule has 166 valence electrons. The lowest BCUT2D eigenvalue weighted by molar-refractivity contribution is 0.281. The van der Waals surface area contributed by atoms with Crippen molar-refractivity contribution in [2.24, 2.45) is 0 Å². The Morgan fingerprint density at radius 3 is 2.49 bits per heavy atom. The molecule has 0 spiro atoms. The molecule has 4 heteroatoms. The summed E-state index contributed by atoms with van der Waals surface area (Å²) >= 11 is 0. The lowest BCUT2D eigenvalue weighted by Gasteiger charge is -2.08. The highest BCUT2D eigenvalue weighted by Gasteiger charge is 2.14. The topological polar surface area (TPSA) is 38.3 Å². The van der Waals surface area contributed by atoms with Gasteiger partial charge in [-0.25, -0.2) is 0 Å². The molecule has 0 atom stereocenters. The van der Waals surface area contributed by atoms with Crippen LogP contribution in [-0.4, -0.2) is 17.5 Å². The van der Waals surface area contributed by atoms with Crippen molar-refractivity contribution < 1.29 is 9.52 Å². The fourth-order valence-electron chi connectivity index (χ4n) is 4.85. The van der Waals surface area contributed by atoms with Crippen molar-refractivity contribution in [3.8, 4) is 5.69 Å². The Balaban J connectivity index is 1.43. The van der Waals surface area contributed by atoms with Gasteiger partial charge in [-0.05, 0) is 53.6 Å². The second-order valence-electron chi connectivity index (χ2n) is 8.60. The number of aromatic nitrogens is 1. The molecular weight excluding hydrogens is 429 g/mol. The minimum absolute atomic E-state index is 0.154. The number of fused-ring (bicyclic) bond motifs is 4. The Morgan fingerprint density at radius 1 is 0.886 bits per heavy atom. The maximum atomic E-state index is 9.95. The molecule has 3 nitrogen and oxygen atoms in total. The molecule has 0 aliphatic carbocycles. The molecule has 2 radical (unpaired) electrons. The second-order valence-corrected chi connectivity index (χ2v) is 8.60. The van der Waals surface area contributed by atoms with E-state index in [0.717, 1.165) is 27.7 Å². The van der Waals surface area contributed by atoms with Crippen LogP contribution in [0.25, 0.3) is 50.1 Å². The number of aliphatic hydroxyl groups excluding tert-OH is 1. The zero-order chi connectivity index (χ0) is 23.9. The van der Waals surface area contributed by atoms with Crippen molar-refractivity contribution in [1.29, 1.82) is 0 Å². The van der Waals surface area contributed by atoms with Gasteiger partial charge in [-0.3, -0.25) is 0 Å². The summed E-state index contributed by atoms with van der Waals surface area (Å²) < 4.78 is 8.26.